The molecule has 0 aliphatic heterocycles. The summed E-state index contributed by atoms with van der Waals surface area (Å²) < 4.78 is 39.1. The number of nitrogens with zero attached hydrogens (tertiary/aromatic N) is 2. The molecule has 8 heteroatoms. The zero-order chi connectivity index (χ0) is 15.3. The zero-order valence-corrected chi connectivity index (χ0v) is 10.7. The van der Waals surface area contributed by atoms with Crippen molar-refractivity contribution in [3.63, 3.8) is 0 Å². The highest BCUT2D eigenvalue weighted by molar-refractivity contribution is 5.96. The first-order chi connectivity index (χ1) is 9.85. The van der Waals surface area contributed by atoms with Gasteiger partial charge in [-0.1, -0.05) is 24.3 Å². The Morgan fingerprint density at radius 1 is 1.19 bits per heavy atom. The molecule has 2 aromatic rings. The molecule has 1 aromatic carbocycles. The Hall–Kier alpha value is -2.38. The number of aromatic amines is 1. The largest absolute Gasteiger partial charge is 0.398 e. The molecule has 1 amide bonds. The minimum Gasteiger partial charge on any atom is -0.364 e. The van der Waals surface area contributed by atoms with E-state index in [1.807, 2.05) is 0 Å². The van der Waals surface area contributed by atoms with Crippen molar-refractivity contribution in [1.82, 2.24) is 15.4 Å². The van der Waals surface area contributed by atoms with E-state index in [0.29, 0.717) is 5.56 Å². The van der Waals surface area contributed by atoms with Crippen molar-refractivity contribution in [2.24, 2.45) is 5.73 Å². The van der Waals surface area contributed by atoms with Crippen molar-refractivity contribution < 1.29 is 18.0 Å². The third-order valence-corrected chi connectivity index (χ3v) is 3.78. The highest BCUT2D eigenvalue weighted by Gasteiger charge is 2.64. The van der Waals surface area contributed by atoms with Crippen molar-refractivity contribution in [2.45, 2.75) is 24.4 Å². The Morgan fingerprint density at radius 2 is 1.81 bits per heavy atom. The number of nitrogens with two attached hydrogens (primary N) is 1. The van der Waals surface area contributed by atoms with E-state index < -0.39 is 17.5 Å². The Labute approximate surface area is 117 Å². The monoisotopic (exact) mass is 296 g/mol. The number of hydrogen-bond acceptors (Lipinski definition) is 3. The number of rotatable bonds is 3. The predicted octanol–water partition coefficient (Wildman–Crippen LogP) is 2.16. The Bertz CT molecular complexity index is 686. The Morgan fingerprint density at radius 3 is 2.29 bits per heavy atom. The molecule has 0 saturated heterocycles. The van der Waals surface area contributed by atoms with Crippen LogP contribution in [0.2, 0.25) is 0 Å². The molecule has 1 saturated carbocycles. The summed E-state index contributed by atoms with van der Waals surface area (Å²) in [5, 5.41) is 9.71. The van der Waals surface area contributed by atoms with Gasteiger partial charge in [0.2, 0.25) is 0 Å². The molecular weight excluding hydrogens is 285 g/mol. The van der Waals surface area contributed by atoms with Crippen LogP contribution >= 0.6 is 0 Å². The normalized spacial score (nSPS) is 16.7. The van der Waals surface area contributed by atoms with Gasteiger partial charge in [0.25, 0.3) is 5.91 Å². The Balaban J connectivity index is 1.96. The Kier molecular flexibility index (Phi) is 2.79. The van der Waals surface area contributed by atoms with E-state index in [1.165, 1.54) is 24.3 Å². The molecule has 5 nitrogen and oxygen atoms in total. The van der Waals surface area contributed by atoms with Crippen LogP contribution in [0.25, 0.3) is 11.3 Å². The summed E-state index contributed by atoms with van der Waals surface area (Å²) >= 11 is 0. The fraction of sp³-hybridized carbons (Fsp3) is 0.308. The summed E-state index contributed by atoms with van der Waals surface area (Å²) in [6, 6.07) is 5.81. The number of nitrogens with one attached hydrogen (secondary N) is 1. The topological polar surface area (TPSA) is 84.7 Å². The molecule has 1 aliphatic rings. The summed E-state index contributed by atoms with van der Waals surface area (Å²) in [4.78, 5) is 11.2. The fourth-order valence-corrected chi connectivity index (χ4v) is 2.41. The summed E-state index contributed by atoms with van der Waals surface area (Å²) in [6.07, 6.45) is -4.04. The minimum atomic E-state index is -4.25. The fourth-order valence-electron chi connectivity index (χ4n) is 2.41. The van der Waals surface area contributed by atoms with E-state index >= 15 is 0 Å². The summed E-state index contributed by atoms with van der Waals surface area (Å²) in [7, 11) is 0. The molecule has 1 heterocycles. The smallest absolute Gasteiger partial charge is 0.364 e. The number of alkyl halides is 3. The SMILES string of the molecule is NC(=O)c1n[nH]nc1-c1ccc(C2(C(F)(F)F)CC2)cc1. The number of hydrogen-bond donors (Lipinski definition) is 2. The second-order valence-electron chi connectivity index (χ2n) is 5.04. The van der Waals surface area contributed by atoms with Gasteiger partial charge in [-0.15, -0.1) is 0 Å². The predicted molar refractivity (Wildman–Crippen MR) is 67.3 cm³/mol. The van der Waals surface area contributed by atoms with Crippen molar-refractivity contribution in [1.29, 1.82) is 0 Å². The first kappa shape index (κ1) is 13.6. The van der Waals surface area contributed by atoms with E-state index in [2.05, 4.69) is 15.4 Å². The molecule has 0 unspecified atom stereocenters. The molecule has 1 aromatic heterocycles. The van der Waals surface area contributed by atoms with Crippen molar-refractivity contribution in [3.8, 4) is 11.3 Å². The number of H-pyrrole nitrogens is 1. The van der Waals surface area contributed by atoms with Crippen LogP contribution in [-0.2, 0) is 5.41 Å². The minimum absolute atomic E-state index is 0.0419. The lowest BCUT2D eigenvalue weighted by molar-refractivity contribution is -0.160. The van der Waals surface area contributed by atoms with Crippen LogP contribution in [0, 0.1) is 0 Å². The first-order valence-corrected chi connectivity index (χ1v) is 6.23. The lowest BCUT2D eigenvalue weighted by Gasteiger charge is -2.19. The van der Waals surface area contributed by atoms with Gasteiger partial charge in [0.15, 0.2) is 5.69 Å². The molecule has 0 spiro atoms. The maximum atomic E-state index is 13.0. The first-order valence-electron chi connectivity index (χ1n) is 6.23. The molecule has 21 heavy (non-hydrogen) atoms. The van der Waals surface area contributed by atoms with Crippen LogP contribution in [0.4, 0.5) is 13.2 Å². The number of carbonyl (C=O) groups excluding carboxylic acids is 1. The third-order valence-electron chi connectivity index (χ3n) is 3.78. The number of halogens is 3. The molecule has 1 aliphatic carbocycles. The van der Waals surface area contributed by atoms with Gasteiger partial charge >= 0.3 is 6.18 Å². The van der Waals surface area contributed by atoms with E-state index in [1.54, 1.807) is 0 Å². The van der Waals surface area contributed by atoms with E-state index in [4.69, 9.17) is 5.73 Å². The highest BCUT2D eigenvalue weighted by atomic mass is 19.4. The van der Waals surface area contributed by atoms with E-state index in [9.17, 15) is 18.0 Å². The molecule has 3 N–H and O–H groups in total. The number of aromatic nitrogens is 3. The number of carbonyl (C=O) groups is 1. The van der Waals surface area contributed by atoms with Crippen LogP contribution < -0.4 is 5.73 Å². The summed E-state index contributed by atoms with van der Waals surface area (Å²) in [5.41, 5.74) is 4.33. The van der Waals surface area contributed by atoms with Gasteiger partial charge in [0.1, 0.15) is 5.69 Å². The lowest BCUT2D eigenvalue weighted by atomic mass is 9.94. The van der Waals surface area contributed by atoms with Crippen LogP contribution in [-0.4, -0.2) is 27.5 Å². The van der Waals surface area contributed by atoms with Gasteiger partial charge in [-0.3, -0.25) is 4.79 Å². The van der Waals surface area contributed by atoms with Crippen LogP contribution in [0.1, 0.15) is 28.9 Å². The second kappa shape index (κ2) is 4.31. The summed E-state index contributed by atoms with van der Waals surface area (Å²) in [5.74, 6) is -0.753. The van der Waals surface area contributed by atoms with E-state index in [-0.39, 0.29) is 29.8 Å². The van der Waals surface area contributed by atoms with Gasteiger partial charge in [-0.2, -0.15) is 28.6 Å². The molecule has 3 rings (SSSR count). The van der Waals surface area contributed by atoms with Gasteiger partial charge in [0, 0.05) is 5.56 Å². The average Bonchev–Trinajstić information content (AvgIpc) is 3.10. The van der Waals surface area contributed by atoms with Gasteiger partial charge < -0.3 is 5.73 Å². The van der Waals surface area contributed by atoms with Crippen molar-refractivity contribution in [3.05, 3.63) is 35.5 Å². The van der Waals surface area contributed by atoms with Crippen molar-refractivity contribution in [2.75, 3.05) is 0 Å². The molecule has 0 bridgehead atoms. The van der Waals surface area contributed by atoms with E-state index in [0.717, 1.165) is 0 Å². The highest BCUT2D eigenvalue weighted by Crippen LogP contribution is 2.58. The average molecular weight is 296 g/mol. The maximum absolute atomic E-state index is 13.0. The van der Waals surface area contributed by atoms with Gasteiger partial charge in [0.05, 0.1) is 5.41 Å². The van der Waals surface area contributed by atoms with Gasteiger partial charge in [-0.05, 0) is 18.4 Å². The second-order valence-corrected chi connectivity index (χ2v) is 5.04. The quantitative estimate of drug-likeness (QED) is 0.910. The van der Waals surface area contributed by atoms with Crippen LogP contribution in [0.3, 0.4) is 0 Å². The number of primary amides is 1. The van der Waals surface area contributed by atoms with Crippen LogP contribution in [0.5, 0.6) is 0 Å². The molecular formula is C13H11F3N4O. The van der Waals surface area contributed by atoms with Crippen molar-refractivity contribution >= 4 is 5.91 Å². The number of amides is 1. The van der Waals surface area contributed by atoms with Crippen LogP contribution in [0.15, 0.2) is 24.3 Å². The molecule has 1 fully saturated rings. The third kappa shape index (κ3) is 2.07. The molecule has 0 atom stereocenters. The molecule has 0 radical (unpaired) electrons. The zero-order valence-electron chi connectivity index (χ0n) is 10.7. The van der Waals surface area contributed by atoms with Gasteiger partial charge in [-0.25, -0.2) is 0 Å². The lowest BCUT2D eigenvalue weighted by Crippen LogP contribution is -2.28. The molecule has 110 valence electrons. The number of benzene rings is 1. The maximum Gasteiger partial charge on any atom is 0.398 e. The summed E-state index contributed by atoms with van der Waals surface area (Å²) in [6.45, 7) is 0. The standard InChI is InChI=1S/C13H11F3N4O/c14-13(15,16)12(5-6-12)8-3-1-7(2-4-8)9-10(11(17)21)19-20-18-9/h1-4H,5-6H2,(H2,17,21)(H,18,19,20).